The Balaban J connectivity index is 2.01. The van der Waals surface area contributed by atoms with Crippen molar-refractivity contribution in [3.63, 3.8) is 0 Å². The van der Waals surface area contributed by atoms with Crippen molar-refractivity contribution in [2.45, 2.75) is 0 Å². The van der Waals surface area contributed by atoms with Crippen LogP contribution in [0.2, 0.25) is 0 Å². The summed E-state index contributed by atoms with van der Waals surface area (Å²) >= 11 is 0. The Morgan fingerprint density at radius 3 is 2.52 bits per heavy atom. The highest BCUT2D eigenvalue weighted by molar-refractivity contribution is 5.93. The molecular weight excluding hydrogens is 296 g/mol. The Kier molecular flexibility index (Phi) is 5.88. The second-order valence-electron chi connectivity index (χ2n) is 4.40. The van der Waals surface area contributed by atoms with Crippen molar-refractivity contribution >= 4 is 17.3 Å². The van der Waals surface area contributed by atoms with Crippen LogP contribution < -0.4 is 4.74 Å². The molecule has 23 heavy (non-hydrogen) atoms. The lowest BCUT2D eigenvalue weighted by atomic mass is 10.2. The van der Waals surface area contributed by atoms with Crippen LogP contribution in [-0.4, -0.2) is 24.3 Å². The third-order valence-corrected chi connectivity index (χ3v) is 2.83. The zero-order chi connectivity index (χ0) is 16.5. The molecule has 2 aromatic carbocycles. The van der Waals surface area contributed by atoms with Gasteiger partial charge in [0.2, 0.25) is 0 Å². The Hall–Kier alpha value is -3.15. The average molecular weight is 312 g/mol. The largest absolute Gasteiger partial charge is 0.498 e. The second-order valence-corrected chi connectivity index (χ2v) is 4.40. The lowest BCUT2D eigenvalue weighted by Gasteiger charge is -2.05. The Morgan fingerprint density at radius 2 is 1.83 bits per heavy atom. The van der Waals surface area contributed by atoms with E-state index in [9.17, 15) is 4.79 Å². The molecule has 0 aromatic heterocycles. The van der Waals surface area contributed by atoms with E-state index in [2.05, 4.69) is 16.8 Å². The second kappa shape index (κ2) is 8.33. The fourth-order valence-electron chi connectivity index (χ4n) is 1.75. The monoisotopic (exact) mass is 312 g/mol. The molecule has 0 radical (unpaired) electrons. The van der Waals surface area contributed by atoms with Gasteiger partial charge in [0, 0.05) is 0 Å². The molecule has 0 aliphatic heterocycles. The van der Waals surface area contributed by atoms with Crippen molar-refractivity contribution in [3.8, 4) is 5.75 Å². The van der Waals surface area contributed by atoms with Gasteiger partial charge in [-0.3, -0.25) is 0 Å². The predicted octanol–water partition coefficient (Wildman–Crippen LogP) is 4.34. The van der Waals surface area contributed by atoms with E-state index in [1.165, 1.54) is 12.3 Å². The van der Waals surface area contributed by atoms with Gasteiger partial charge in [0.25, 0.3) is 0 Å². The molecular formula is C17H16N2O4. The van der Waals surface area contributed by atoms with E-state index in [1.807, 2.05) is 0 Å². The van der Waals surface area contributed by atoms with Gasteiger partial charge in [-0.1, -0.05) is 18.7 Å². The molecule has 0 fully saturated rings. The molecule has 0 saturated carbocycles. The van der Waals surface area contributed by atoms with Crippen LogP contribution in [0, 0.1) is 0 Å². The molecule has 0 spiro atoms. The quantitative estimate of drug-likeness (QED) is 0.446. The van der Waals surface area contributed by atoms with Gasteiger partial charge in [-0.05, 0) is 36.4 Å². The summed E-state index contributed by atoms with van der Waals surface area (Å²) in [5.41, 5.74) is 1.01. The predicted molar refractivity (Wildman–Crippen MR) is 85.7 cm³/mol. The molecule has 6 nitrogen and oxygen atoms in total. The summed E-state index contributed by atoms with van der Waals surface area (Å²) in [5, 5.41) is 17.1. The van der Waals surface area contributed by atoms with E-state index in [-0.39, 0.29) is 5.56 Å². The molecule has 0 atom stereocenters. The number of nitrogens with zero attached hydrogens (tertiary/aromatic N) is 2. The summed E-state index contributed by atoms with van der Waals surface area (Å²) < 4.78 is 10.4. The fourth-order valence-corrected chi connectivity index (χ4v) is 1.75. The molecule has 2 rings (SSSR count). The highest BCUT2D eigenvalue weighted by atomic mass is 16.5. The van der Waals surface area contributed by atoms with Crippen LogP contribution >= 0.6 is 0 Å². The maximum absolute atomic E-state index is 11.1. The number of azo groups is 1. The first-order valence-corrected chi connectivity index (χ1v) is 6.90. The topological polar surface area (TPSA) is 80.5 Å². The van der Waals surface area contributed by atoms with Gasteiger partial charge in [-0.25, -0.2) is 4.79 Å². The van der Waals surface area contributed by atoms with E-state index in [0.29, 0.717) is 30.3 Å². The van der Waals surface area contributed by atoms with E-state index >= 15 is 0 Å². The number of benzene rings is 2. The zero-order valence-corrected chi connectivity index (χ0v) is 12.4. The standard InChI is InChI=1S/C17H16N2O4/c1-2-22-11-12-23-14-9-7-13(8-10-14)18-19-16-6-4-3-5-15(16)17(20)21/h2-10H,1,11-12H2,(H,20,21)/b19-18+. The number of rotatable bonds is 8. The normalized spacial score (nSPS) is 10.4. The van der Waals surface area contributed by atoms with Crippen molar-refractivity contribution in [2.75, 3.05) is 13.2 Å². The summed E-state index contributed by atoms with van der Waals surface area (Å²) in [6.07, 6.45) is 1.36. The number of hydrogen-bond donors (Lipinski definition) is 1. The number of carboxylic acid groups (broad SMARTS) is 1. The minimum Gasteiger partial charge on any atom is -0.498 e. The van der Waals surface area contributed by atoms with Crippen molar-refractivity contribution in [1.29, 1.82) is 0 Å². The fraction of sp³-hybridized carbons (Fsp3) is 0.118. The lowest BCUT2D eigenvalue weighted by molar-refractivity contribution is 0.0697. The highest BCUT2D eigenvalue weighted by Gasteiger charge is 2.07. The maximum atomic E-state index is 11.1. The van der Waals surface area contributed by atoms with Crippen molar-refractivity contribution in [1.82, 2.24) is 0 Å². The Labute approximate surface area is 133 Å². The van der Waals surface area contributed by atoms with Crippen molar-refractivity contribution < 1.29 is 19.4 Å². The van der Waals surface area contributed by atoms with Crippen LogP contribution in [0.15, 0.2) is 71.6 Å². The third kappa shape index (κ3) is 4.96. The first-order valence-electron chi connectivity index (χ1n) is 6.90. The number of hydrogen-bond acceptors (Lipinski definition) is 5. The molecule has 1 N–H and O–H groups in total. The van der Waals surface area contributed by atoms with E-state index in [1.54, 1.807) is 42.5 Å². The average Bonchev–Trinajstić information content (AvgIpc) is 2.58. The van der Waals surface area contributed by atoms with Gasteiger partial charge in [-0.2, -0.15) is 5.11 Å². The first-order chi connectivity index (χ1) is 11.2. The number of carboxylic acids is 1. The van der Waals surface area contributed by atoms with Crippen LogP contribution in [-0.2, 0) is 4.74 Å². The van der Waals surface area contributed by atoms with Crippen LogP contribution in [0.3, 0.4) is 0 Å². The van der Waals surface area contributed by atoms with Gasteiger partial charge in [0.1, 0.15) is 24.7 Å². The highest BCUT2D eigenvalue weighted by Crippen LogP contribution is 2.23. The number of aromatic carboxylic acids is 1. The molecule has 0 saturated heterocycles. The summed E-state index contributed by atoms with van der Waals surface area (Å²) in [4.78, 5) is 11.1. The van der Waals surface area contributed by atoms with E-state index in [0.717, 1.165) is 0 Å². The van der Waals surface area contributed by atoms with Gasteiger partial charge in [-0.15, -0.1) is 5.11 Å². The number of carbonyl (C=O) groups is 1. The summed E-state index contributed by atoms with van der Waals surface area (Å²) in [7, 11) is 0. The van der Waals surface area contributed by atoms with Crippen molar-refractivity contribution in [2.24, 2.45) is 10.2 Å². The first kappa shape index (κ1) is 16.2. The molecule has 0 amide bonds. The number of ether oxygens (including phenoxy) is 2. The maximum Gasteiger partial charge on any atom is 0.337 e. The van der Waals surface area contributed by atoms with Gasteiger partial charge in [0.05, 0.1) is 17.5 Å². The van der Waals surface area contributed by atoms with Crippen LogP contribution in [0.4, 0.5) is 11.4 Å². The summed E-state index contributed by atoms with van der Waals surface area (Å²) in [5.74, 6) is -0.354. The van der Waals surface area contributed by atoms with Crippen molar-refractivity contribution in [3.05, 3.63) is 66.9 Å². The molecule has 0 heterocycles. The Bertz CT molecular complexity index is 696. The molecule has 2 aromatic rings. The zero-order valence-electron chi connectivity index (χ0n) is 12.4. The minimum absolute atomic E-state index is 0.110. The van der Waals surface area contributed by atoms with Gasteiger partial charge in [0.15, 0.2) is 0 Å². The Morgan fingerprint density at radius 1 is 1.09 bits per heavy atom. The molecule has 6 heteroatoms. The van der Waals surface area contributed by atoms with E-state index in [4.69, 9.17) is 14.6 Å². The van der Waals surface area contributed by atoms with Gasteiger partial charge >= 0.3 is 5.97 Å². The smallest absolute Gasteiger partial charge is 0.337 e. The lowest BCUT2D eigenvalue weighted by Crippen LogP contribution is -2.03. The minimum atomic E-state index is -1.04. The van der Waals surface area contributed by atoms with Crippen LogP contribution in [0.5, 0.6) is 5.75 Å². The molecule has 0 aliphatic carbocycles. The SMILES string of the molecule is C=COCCOc1ccc(/N=N/c2ccccc2C(=O)O)cc1. The molecule has 0 bridgehead atoms. The molecule has 0 aliphatic rings. The van der Waals surface area contributed by atoms with Crippen LogP contribution in [0.1, 0.15) is 10.4 Å². The third-order valence-electron chi connectivity index (χ3n) is 2.83. The van der Waals surface area contributed by atoms with Crippen LogP contribution in [0.25, 0.3) is 0 Å². The molecule has 0 unspecified atom stereocenters. The molecule has 118 valence electrons. The summed E-state index contributed by atoms with van der Waals surface area (Å²) in [6, 6.07) is 13.4. The van der Waals surface area contributed by atoms with E-state index < -0.39 is 5.97 Å². The van der Waals surface area contributed by atoms with Gasteiger partial charge < -0.3 is 14.6 Å². The summed E-state index contributed by atoms with van der Waals surface area (Å²) in [6.45, 7) is 4.29.